The van der Waals surface area contributed by atoms with Crippen molar-refractivity contribution in [3.8, 4) is 0 Å². The van der Waals surface area contributed by atoms with Gasteiger partial charge in [0.05, 0.1) is 17.4 Å². The number of nitrogens with two attached hydrogens (primary N) is 1. The van der Waals surface area contributed by atoms with E-state index in [0.29, 0.717) is 0 Å². The molecule has 0 spiro atoms. The maximum atomic E-state index is 6.21. The lowest BCUT2D eigenvalue weighted by atomic mass is 9.74. The summed E-state index contributed by atoms with van der Waals surface area (Å²) in [6, 6.07) is 0. The molecule has 3 heteroatoms. The van der Waals surface area contributed by atoms with E-state index in [-0.39, 0.29) is 5.54 Å². The van der Waals surface area contributed by atoms with Crippen LogP contribution in [0, 0.1) is 6.92 Å². The van der Waals surface area contributed by atoms with E-state index in [0.717, 1.165) is 12.8 Å². The van der Waals surface area contributed by atoms with Gasteiger partial charge in [0.1, 0.15) is 0 Å². The molecule has 1 aromatic rings. The molecule has 0 radical (unpaired) electrons. The Morgan fingerprint density at radius 1 is 1.58 bits per heavy atom. The molecule has 2 rings (SSSR count). The van der Waals surface area contributed by atoms with E-state index < -0.39 is 0 Å². The zero-order chi connectivity index (χ0) is 8.77. The average Bonchev–Trinajstić information content (AvgIpc) is 2.27. The Kier molecular flexibility index (Phi) is 1.51. The number of rotatable bonds is 1. The SMILES string of the molecule is Cc1cnn(C)c1C1(N)CCC1. The van der Waals surface area contributed by atoms with Gasteiger partial charge in [-0.3, -0.25) is 4.68 Å². The van der Waals surface area contributed by atoms with Crippen LogP contribution in [-0.4, -0.2) is 9.78 Å². The number of hydrogen-bond donors (Lipinski definition) is 1. The summed E-state index contributed by atoms with van der Waals surface area (Å²) < 4.78 is 1.91. The minimum Gasteiger partial charge on any atom is -0.320 e. The van der Waals surface area contributed by atoms with E-state index in [2.05, 4.69) is 12.0 Å². The van der Waals surface area contributed by atoms with Crippen molar-refractivity contribution in [3.05, 3.63) is 17.5 Å². The first-order valence-electron chi connectivity index (χ1n) is 4.41. The van der Waals surface area contributed by atoms with Crippen LogP contribution < -0.4 is 5.73 Å². The van der Waals surface area contributed by atoms with E-state index >= 15 is 0 Å². The Morgan fingerprint density at radius 3 is 2.58 bits per heavy atom. The Labute approximate surface area is 72.6 Å². The highest BCUT2D eigenvalue weighted by molar-refractivity contribution is 5.26. The molecule has 12 heavy (non-hydrogen) atoms. The first-order chi connectivity index (χ1) is 5.63. The topological polar surface area (TPSA) is 43.8 Å². The standard InChI is InChI=1S/C9H15N3/c1-7-6-11-12(2)8(7)9(10)4-3-5-9/h6H,3-5,10H2,1-2H3. The van der Waals surface area contributed by atoms with Gasteiger partial charge in [-0.05, 0) is 31.7 Å². The van der Waals surface area contributed by atoms with Gasteiger partial charge in [0, 0.05) is 7.05 Å². The largest absolute Gasteiger partial charge is 0.320 e. The average molecular weight is 165 g/mol. The second-order valence-electron chi connectivity index (χ2n) is 3.81. The van der Waals surface area contributed by atoms with Crippen LogP contribution in [0.2, 0.25) is 0 Å². The fourth-order valence-electron chi connectivity index (χ4n) is 2.06. The Morgan fingerprint density at radius 2 is 2.25 bits per heavy atom. The lowest BCUT2D eigenvalue weighted by Crippen LogP contribution is -2.45. The lowest BCUT2D eigenvalue weighted by Gasteiger charge is -2.38. The van der Waals surface area contributed by atoms with Gasteiger partial charge in [0.2, 0.25) is 0 Å². The van der Waals surface area contributed by atoms with Crippen molar-refractivity contribution in [1.82, 2.24) is 9.78 Å². The minimum atomic E-state index is -0.0741. The third-order valence-electron chi connectivity index (χ3n) is 2.84. The van der Waals surface area contributed by atoms with Crippen LogP contribution >= 0.6 is 0 Å². The van der Waals surface area contributed by atoms with Gasteiger partial charge in [0.25, 0.3) is 0 Å². The van der Waals surface area contributed by atoms with Crippen LogP contribution in [0.5, 0.6) is 0 Å². The second-order valence-corrected chi connectivity index (χ2v) is 3.81. The summed E-state index contributed by atoms with van der Waals surface area (Å²) >= 11 is 0. The zero-order valence-electron chi connectivity index (χ0n) is 7.67. The van der Waals surface area contributed by atoms with Crippen molar-refractivity contribution in [1.29, 1.82) is 0 Å². The van der Waals surface area contributed by atoms with Crippen LogP contribution in [0.4, 0.5) is 0 Å². The van der Waals surface area contributed by atoms with Crippen molar-refractivity contribution in [2.75, 3.05) is 0 Å². The van der Waals surface area contributed by atoms with Crippen molar-refractivity contribution >= 4 is 0 Å². The van der Waals surface area contributed by atoms with Crippen LogP contribution in [0.1, 0.15) is 30.5 Å². The molecule has 1 fully saturated rings. The van der Waals surface area contributed by atoms with E-state index in [1.54, 1.807) is 0 Å². The molecule has 1 aliphatic rings. The molecular formula is C9H15N3. The summed E-state index contributed by atoms with van der Waals surface area (Å²) in [5, 5.41) is 4.20. The predicted octanol–water partition coefficient (Wildman–Crippen LogP) is 1.07. The first-order valence-corrected chi connectivity index (χ1v) is 4.41. The molecule has 0 aliphatic heterocycles. The summed E-state index contributed by atoms with van der Waals surface area (Å²) in [5.74, 6) is 0. The molecule has 0 atom stereocenters. The third kappa shape index (κ3) is 0.894. The molecule has 0 aromatic carbocycles. The first kappa shape index (κ1) is 7.80. The van der Waals surface area contributed by atoms with E-state index in [4.69, 9.17) is 5.73 Å². The highest BCUT2D eigenvalue weighted by Gasteiger charge is 2.37. The quantitative estimate of drug-likeness (QED) is 0.676. The molecule has 0 amide bonds. The van der Waals surface area contributed by atoms with Crippen LogP contribution in [0.15, 0.2) is 6.20 Å². The van der Waals surface area contributed by atoms with Crippen molar-refractivity contribution in [3.63, 3.8) is 0 Å². The number of aromatic nitrogens is 2. The minimum absolute atomic E-state index is 0.0741. The van der Waals surface area contributed by atoms with Gasteiger partial charge in [-0.1, -0.05) is 0 Å². The maximum Gasteiger partial charge on any atom is 0.0608 e. The maximum absolute atomic E-state index is 6.21. The van der Waals surface area contributed by atoms with Crippen LogP contribution in [-0.2, 0) is 12.6 Å². The number of aryl methyl sites for hydroxylation is 2. The summed E-state index contributed by atoms with van der Waals surface area (Å²) in [7, 11) is 1.97. The van der Waals surface area contributed by atoms with Gasteiger partial charge < -0.3 is 5.73 Å². The van der Waals surface area contributed by atoms with E-state index in [9.17, 15) is 0 Å². The van der Waals surface area contributed by atoms with Gasteiger partial charge in [0.15, 0.2) is 0 Å². The number of hydrogen-bond acceptors (Lipinski definition) is 2. The van der Waals surface area contributed by atoms with Gasteiger partial charge in [-0.15, -0.1) is 0 Å². The molecule has 2 N–H and O–H groups in total. The lowest BCUT2D eigenvalue weighted by molar-refractivity contribution is 0.236. The fourth-order valence-corrected chi connectivity index (χ4v) is 2.06. The zero-order valence-corrected chi connectivity index (χ0v) is 7.67. The molecule has 1 aromatic heterocycles. The Bertz CT molecular complexity index is 277. The van der Waals surface area contributed by atoms with Gasteiger partial charge in [-0.2, -0.15) is 5.10 Å². The smallest absolute Gasteiger partial charge is 0.0608 e. The van der Waals surface area contributed by atoms with E-state index in [1.807, 2.05) is 17.9 Å². The highest BCUT2D eigenvalue weighted by Crippen LogP contribution is 2.39. The normalized spacial score (nSPS) is 20.6. The van der Waals surface area contributed by atoms with E-state index in [1.165, 1.54) is 17.7 Å². The molecule has 0 bridgehead atoms. The molecule has 0 saturated heterocycles. The monoisotopic (exact) mass is 165 g/mol. The summed E-state index contributed by atoms with van der Waals surface area (Å²) in [4.78, 5) is 0. The number of nitrogens with zero attached hydrogens (tertiary/aromatic N) is 2. The van der Waals surface area contributed by atoms with Gasteiger partial charge >= 0.3 is 0 Å². The van der Waals surface area contributed by atoms with Crippen molar-refractivity contribution < 1.29 is 0 Å². The van der Waals surface area contributed by atoms with Crippen LogP contribution in [0.3, 0.4) is 0 Å². The van der Waals surface area contributed by atoms with Crippen LogP contribution in [0.25, 0.3) is 0 Å². The molecule has 3 nitrogen and oxygen atoms in total. The molecule has 0 unspecified atom stereocenters. The molecular weight excluding hydrogens is 150 g/mol. The summed E-state index contributed by atoms with van der Waals surface area (Å²) in [5.41, 5.74) is 8.57. The predicted molar refractivity (Wildman–Crippen MR) is 47.7 cm³/mol. The summed E-state index contributed by atoms with van der Waals surface area (Å²) in [6.07, 6.45) is 5.35. The Balaban J connectivity index is 2.44. The van der Waals surface area contributed by atoms with Crippen molar-refractivity contribution in [2.24, 2.45) is 12.8 Å². The van der Waals surface area contributed by atoms with Crippen molar-refractivity contribution in [2.45, 2.75) is 31.7 Å². The molecule has 66 valence electrons. The fraction of sp³-hybridized carbons (Fsp3) is 0.667. The highest BCUT2D eigenvalue weighted by atomic mass is 15.3. The molecule has 1 aliphatic carbocycles. The second kappa shape index (κ2) is 2.33. The van der Waals surface area contributed by atoms with Gasteiger partial charge in [-0.25, -0.2) is 0 Å². The molecule has 1 heterocycles. The third-order valence-corrected chi connectivity index (χ3v) is 2.84. The molecule has 1 saturated carbocycles. The summed E-state index contributed by atoms with van der Waals surface area (Å²) in [6.45, 7) is 2.08. The Hall–Kier alpha value is -0.830.